The zero-order valence-electron chi connectivity index (χ0n) is 15.5. The van der Waals surface area contributed by atoms with E-state index in [-0.39, 0.29) is 24.8 Å². The average molecular weight is 378 g/mol. The van der Waals surface area contributed by atoms with Crippen molar-refractivity contribution in [3.63, 3.8) is 0 Å². The highest BCUT2D eigenvalue weighted by molar-refractivity contribution is 5.87. The minimum Gasteiger partial charge on any atom is -0.443 e. The minimum atomic E-state index is -0.253. The number of piperidine rings is 1. The summed E-state index contributed by atoms with van der Waals surface area (Å²) in [6.45, 7) is 1.81. The first kappa shape index (κ1) is 17.0. The molecule has 2 aliphatic heterocycles. The molecule has 8 nitrogen and oxygen atoms in total. The third-order valence-electron chi connectivity index (χ3n) is 5.72. The molecule has 8 heteroatoms. The predicted molar refractivity (Wildman–Crippen MR) is 104 cm³/mol. The van der Waals surface area contributed by atoms with Crippen LogP contribution >= 0.6 is 0 Å². The first-order chi connectivity index (χ1) is 13.8. The summed E-state index contributed by atoms with van der Waals surface area (Å²) < 4.78 is 5.55. The highest BCUT2D eigenvalue weighted by atomic mass is 16.6. The Balaban J connectivity index is 1.32. The molecule has 3 aromatic rings. The van der Waals surface area contributed by atoms with Gasteiger partial charge in [0, 0.05) is 25.5 Å². The van der Waals surface area contributed by atoms with E-state index in [0.29, 0.717) is 0 Å². The molecule has 144 valence electrons. The molecule has 28 heavy (non-hydrogen) atoms. The highest BCUT2D eigenvalue weighted by Gasteiger charge is 2.43. The number of anilines is 1. The lowest BCUT2D eigenvalue weighted by atomic mass is 9.97. The van der Waals surface area contributed by atoms with Crippen molar-refractivity contribution < 1.29 is 9.53 Å². The van der Waals surface area contributed by atoms with E-state index >= 15 is 0 Å². The lowest BCUT2D eigenvalue weighted by Gasteiger charge is -2.39. The van der Waals surface area contributed by atoms with Crippen molar-refractivity contribution in [2.45, 2.75) is 38.0 Å². The molecule has 5 rings (SSSR count). The molecule has 0 saturated carbocycles. The Morgan fingerprint density at radius 2 is 2.11 bits per heavy atom. The number of fused-ring (bicyclic) bond motifs is 2. The fourth-order valence-electron chi connectivity index (χ4n) is 4.46. The maximum absolute atomic E-state index is 12.8. The molecule has 0 aliphatic carbocycles. The zero-order chi connectivity index (χ0) is 18.9. The van der Waals surface area contributed by atoms with Gasteiger partial charge in [-0.3, -0.25) is 4.98 Å². The van der Waals surface area contributed by atoms with E-state index in [4.69, 9.17) is 4.74 Å². The van der Waals surface area contributed by atoms with Crippen LogP contribution < -0.4 is 4.90 Å². The molecule has 1 N–H and O–H groups in total. The second-order valence-electron chi connectivity index (χ2n) is 7.27. The van der Waals surface area contributed by atoms with Crippen LogP contribution in [0.5, 0.6) is 0 Å². The Kier molecular flexibility index (Phi) is 4.31. The van der Waals surface area contributed by atoms with E-state index < -0.39 is 0 Å². The van der Waals surface area contributed by atoms with Crippen LogP contribution in [0, 0.1) is 0 Å². The molecular formula is C20H22N6O2. The van der Waals surface area contributed by atoms with Gasteiger partial charge < -0.3 is 19.5 Å². The van der Waals surface area contributed by atoms with Gasteiger partial charge in [-0.1, -0.05) is 6.07 Å². The zero-order valence-corrected chi connectivity index (χ0v) is 15.5. The lowest BCUT2D eigenvalue weighted by molar-refractivity contribution is 0.0665. The Hall–Kier alpha value is -3.16. The van der Waals surface area contributed by atoms with E-state index in [1.807, 2.05) is 35.4 Å². The molecule has 2 saturated heterocycles. The normalized spacial score (nSPS) is 21.7. The van der Waals surface area contributed by atoms with Crippen LogP contribution in [0.15, 0.2) is 43.0 Å². The van der Waals surface area contributed by atoms with Crippen molar-refractivity contribution in [1.29, 1.82) is 0 Å². The van der Waals surface area contributed by atoms with Gasteiger partial charge >= 0.3 is 6.09 Å². The molecular weight excluding hydrogens is 356 g/mol. The number of hydrogen-bond acceptors (Lipinski definition) is 6. The van der Waals surface area contributed by atoms with Crippen molar-refractivity contribution in [3.8, 4) is 0 Å². The fraction of sp³-hybridized carbons (Fsp3) is 0.400. The fourth-order valence-corrected chi connectivity index (χ4v) is 4.46. The van der Waals surface area contributed by atoms with Gasteiger partial charge in [-0.2, -0.15) is 0 Å². The molecule has 0 spiro atoms. The first-order valence-corrected chi connectivity index (χ1v) is 9.69. The summed E-state index contributed by atoms with van der Waals surface area (Å²) in [6.07, 6.45) is 7.86. The minimum absolute atomic E-state index is 0.147. The van der Waals surface area contributed by atoms with E-state index in [0.717, 1.165) is 54.9 Å². The summed E-state index contributed by atoms with van der Waals surface area (Å²) in [7, 11) is 0. The number of ether oxygens (including phenoxy) is 1. The number of carbonyl (C=O) groups excluding carboxylic acids is 1. The monoisotopic (exact) mass is 378 g/mol. The number of likely N-dealkylation sites (tertiary alicyclic amines) is 1. The number of nitrogens with one attached hydrogen (secondary N) is 1. The van der Waals surface area contributed by atoms with E-state index in [1.54, 1.807) is 12.5 Å². The molecule has 0 radical (unpaired) electrons. The van der Waals surface area contributed by atoms with Gasteiger partial charge in [-0.15, -0.1) is 0 Å². The number of hydrogen-bond donors (Lipinski definition) is 1. The van der Waals surface area contributed by atoms with Gasteiger partial charge in [-0.05, 0) is 37.5 Å². The summed E-state index contributed by atoms with van der Waals surface area (Å²) in [5.74, 6) is 0.947. The third kappa shape index (κ3) is 2.94. The van der Waals surface area contributed by atoms with E-state index in [2.05, 4.69) is 24.8 Å². The molecule has 5 heterocycles. The smallest absolute Gasteiger partial charge is 0.410 e. The van der Waals surface area contributed by atoms with Crippen LogP contribution in [0.3, 0.4) is 0 Å². The molecule has 0 aromatic carbocycles. The third-order valence-corrected chi connectivity index (χ3v) is 5.72. The van der Waals surface area contributed by atoms with Gasteiger partial charge in [0.15, 0.2) is 0 Å². The number of pyridine rings is 1. The van der Waals surface area contributed by atoms with Gasteiger partial charge in [0.1, 0.15) is 24.4 Å². The number of aromatic amines is 1. The number of carbonyl (C=O) groups is 1. The van der Waals surface area contributed by atoms with Gasteiger partial charge in [-0.25, -0.2) is 14.8 Å². The van der Waals surface area contributed by atoms with Crippen LogP contribution in [0.25, 0.3) is 11.0 Å². The quantitative estimate of drug-likeness (QED) is 0.754. The maximum Gasteiger partial charge on any atom is 0.410 e. The molecule has 3 aromatic heterocycles. The molecule has 1 amide bonds. The number of aromatic nitrogens is 4. The first-order valence-electron chi connectivity index (χ1n) is 9.69. The standard InChI is InChI=1S/C20H22N6O2/c27-20(28-12-14-4-1-2-8-21-14)26-10-3-5-16-17(26)7-11-25(16)19-15-6-9-22-18(15)23-13-24-19/h1-2,4,6,8-9,13,16-17H,3,5,7,10-12H2,(H,22,23,24). The summed E-state index contributed by atoms with van der Waals surface area (Å²) in [5.41, 5.74) is 1.60. The van der Waals surface area contributed by atoms with Crippen molar-refractivity contribution in [1.82, 2.24) is 24.8 Å². The molecule has 0 bridgehead atoms. The maximum atomic E-state index is 12.8. The molecule has 2 unspecified atom stereocenters. The van der Waals surface area contributed by atoms with Gasteiger partial charge in [0.05, 0.1) is 23.2 Å². The SMILES string of the molecule is O=C(OCc1ccccn1)N1CCCC2C1CCN2c1ncnc2[nH]ccc12. The number of nitrogens with zero attached hydrogens (tertiary/aromatic N) is 5. The topological polar surface area (TPSA) is 87.2 Å². The summed E-state index contributed by atoms with van der Waals surface area (Å²) in [6, 6.07) is 8.02. The predicted octanol–water partition coefficient (Wildman–Crippen LogP) is 2.73. The number of H-pyrrole nitrogens is 1. The summed E-state index contributed by atoms with van der Waals surface area (Å²) in [4.78, 5) is 33.2. The second-order valence-corrected chi connectivity index (χ2v) is 7.27. The number of amides is 1. The van der Waals surface area contributed by atoms with Crippen LogP contribution in [-0.2, 0) is 11.3 Å². The van der Waals surface area contributed by atoms with Gasteiger partial charge in [0.25, 0.3) is 0 Å². The molecule has 2 fully saturated rings. The largest absolute Gasteiger partial charge is 0.443 e. The van der Waals surface area contributed by atoms with Crippen LogP contribution in [0.1, 0.15) is 25.0 Å². The highest BCUT2D eigenvalue weighted by Crippen LogP contribution is 2.36. The van der Waals surface area contributed by atoms with Crippen molar-refractivity contribution in [2.75, 3.05) is 18.0 Å². The van der Waals surface area contributed by atoms with Crippen LogP contribution in [0.4, 0.5) is 10.6 Å². The summed E-state index contributed by atoms with van der Waals surface area (Å²) >= 11 is 0. The Morgan fingerprint density at radius 3 is 3.00 bits per heavy atom. The molecule has 2 aliphatic rings. The van der Waals surface area contributed by atoms with Crippen molar-refractivity contribution in [2.24, 2.45) is 0 Å². The number of rotatable bonds is 3. The van der Waals surface area contributed by atoms with E-state index in [1.165, 1.54) is 0 Å². The van der Waals surface area contributed by atoms with Crippen molar-refractivity contribution >= 4 is 22.9 Å². The average Bonchev–Trinajstić information content (AvgIpc) is 3.39. The van der Waals surface area contributed by atoms with Gasteiger partial charge in [0.2, 0.25) is 0 Å². The van der Waals surface area contributed by atoms with E-state index in [9.17, 15) is 4.79 Å². The Labute approximate surface area is 162 Å². The Bertz CT molecular complexity index is 975. The molecule has 2 atom stereocenters. The summed E-state index contributed by atoms with van der Waals surface area (Å²) in [5, 5.41) is 1.03. The van der Waals surface area contributed by atoms with Crippen molar-refractivity contribution in [3.05, 3.63) is 48.7 Å². The van der Waals surface area contributed by atoms with Crippen LogP contribution in [0.2, 0.25) is 0 Å². The lowest BCUT2D eigenvalue weighted by Crippen LogP contribution is -2.52. The second kappa shape index (κ2) is 7.10. The Morgan fingerprint density at radius 1 is 1.14 bits per heavy atom. The van der Waals surface area contributed by atoms with Crippen LogP contribution in [-0.4, -0.2) is 56.1 Å².